The van der Waals surface area contributed by atoms with E-state index in [-0.39, 0.29) is 11.3 Å². The molecule has 2 aromatic rings. The topological polar surface area (TPSA) is 118 Å². The lowest BCUT2D eigenvalue weighted by molar-refractivity contribution is -0.384. The number of hydrogen-bond donors (Lipinski definition) is 2. The van der Waals surface area contributed by atoms with Gasteiger partial charge in [-0.3, -0.25) is 20.3 Å². The van der Waals surface area contributed by atoms with Crippen molar-refractivity contribution in [1.82, 2.24) is 10.3 Å². The van der Waals surface area contributed by atoms with Crippen LogP contribution in [0.25, 0.3) is 0 Å². The molecule has 1 amide bonds. The molecule has 11 heteroatoms. The van der Waals surface area contributed by atoms with E-state index in [1.54, 1.807) is 4.83 Å². The van der Waals surface area contributed by atoms with Crippen molar-refractivity contribution < 1.29 is 26.9 Å². The van der Waals surface area contributed by atoms with Crippen LogP contribution in [0.2, 0.25) is 0 Å². The van der Waals surface area contributed by atoms with Gasteiger partial charge in [-0.15, -0.1) is 4.83 Å². The zero-order valence-corrected chi connectivity index (χ0v) is 12.5. The number of hydrazine groups is 1. The number of amides is 1. The Morgan fingerprint density at radius 3 is 2.25 bits per heavy atom. The molecular formula is C13H9F2N3O5S. The summed E-state index contributed by atoms with van der Waals surface area (Å²) < 4.78 is 50.0. The fraction of sp³-hybridized carbons (Fsp3) is 0. The Balaban J connectivity index is 2.11. The van der Waals surface area contributed by atoms with Crippen molar-refractivity contribution in [2.24, 2.45) is 0 Å². The van der Waals surface area contributed by atoms with Gasteiger partial charge in [0.15, 0.2) is 0 Å². The summed E-state index contributed by atoms with van der Waals surface area (Å²) in [6.07, 6.45) is 0. The average molecular weight is 357 g/mol. The molecule has 0 aliphatic carbocycles. The van der Waals surface area contributed by atoms with Crippen LogP contribution < -0.4 is 10.3 Å². The summed E-state index contributed by atoms with van der Waals surface area (Å²) >= 11 is 0. The van der Waals surface area contributed by atoms with Crippen LogP contribution >= 0.6 is 0 Å². The molecule has 0 fully saturated rings. The highest BCUT2D eigenvalue weighted by atomic mass is 32.2. The predicted octanol–water partition coefficient (Wildman–Crippen LogP) is 1.50. The number of non-ortho nitro benzene ring substituents is 1. The number of nitrogens with one attached hydrogen (secondary N) is 2. The normalized spacial score (nSPS) is 11.1. The van der Waals surface area contributed by atoms with E-state index in [9.17, 15) is 32.1 Å². The van der Waals surface area contributed by atoms with Crippen LogP contribution in [-0.2, 0) is 10.0 Å². The molecule has 0 radical (unpaired) electrons. The molecule has 0 aromatic heterocycles. The van der Waals surface area contributed by atoms with Crippen LogP contribution in [0.15, 0.2) is 47.4 Å². The number of sulfonamides is 1. The van der Waals surface area contributed by atoms with Gasteiger partial charge in [-0.1, -0.05) is 0 Å². The van der Waals surface area contributed by atoms with Crippen LogP contribution in [0, 0.1) is 21.7 Å². The van der Waals surface area contributed by atoms with Crippen molar-refractivity contribution in [2.45, 2.75) is 4.90 Å². The molecule has 0 saturated heterocycles. The molecule has 0 spiro atoms. The number of rotatable bonds is 5. The highest BCUT2D eigenvalue weighted by Gasteiger charge is 2.20. The summed E-state index contributed by atoms with van der Waals surface area (Å²) in [7, 11) is -4.46. The summed E-state index contributed by atoms with van der Waals surface area (Å²) in [4.78, 5) is 22.4. The predicted molar refractivity (Wildman–Crippen MR) is 77.2 cm³/mol. The minimum atomic E-state index is -4.46. The molecule has 0 heterocycles. The van der Waals surface area contributed by atoms with Gasteiger partial charge in [-0.05, 0) is 24.3 Å². The smallest absolute Gasteiger partial charge is 0.269 e. The van der Waals surface area contributed by atoms with E-state index < -0.39 is 37.4 Å². The van der Waals surface area contributed by atoms with E-state index in [1.165, 1.54) is 0 Å². The van der Waals surface area contributed by atoms with Gasteiger partial charge in [-0.25, -0.2) is 17.2 Å². The largest absolute Gasteiger partial charge is 0.273 e. The van der Waals surface area contributed by atoms with Crippen LogP contribution in [-0.4, -0.2) is 19.2 Å². The van der Waals surface area contributed by atoms with Crippen LogP contribution in [0.3, 0.4) is 0 Å². The highest BCUT2D eigenvalue weighted by Crippen LogP contribution is 2.15. The number of carbonyl (C=O) groups excluding carboxylic acids is 1. The van der Waals surface area contributed by atoms with E-state index in [1.807, 2.05) is 5.43 Å². The van der Waals surface area contributed by atoms with Gasteiger partial charge in [0.25, 0.3) is 21.6 Å². The lowest BCUT2D eigenvalue weighted by Gasteiger charge is -2.09. The van der Waals surface area contributed by atoms with Crippen molar-refractivity contribution in [1.29, 1.82) is 0 Å². The van der Waals surface area contributed by atoms with E-state index in [2.05, 4.69) is 0 Å². The fourth-order valence-corrected chi connectivity index (χ4v) is 2.57. The standard InChI is InChI=1S/C13H9F2N3O5S/c14-9-3-6-12(11(15)7-9)24(22,23)17-16-13(19)8-1-4-10(5-2-8)18(20)21/h1-7,17H,(H,16,19). The van der Waals surface area contributed by atoms with Crippen molar-refractivity contribution in [2.75, 3.05) is 0 Å². The maximum Gasteiger partial charge on any atom is 0.269 e. The molecule has 0 aliphatic heterocycles. The second-order valence-electron chi connectivity index (χ2n) is 4.44. The molecule has 24 heavy (non-hydrogen) atoms. The molecule has 0 saturated carbocycles. The van der Waals surface area contributed by atoms with E-state index in [4.69, 9.17) is 0 Å². The third-order valence-electron chi connectivity index (χ3n) is 2.82. The molecule has 0 aliphatic rings. The van der Waals surface area contributed by atoms with Crippen LogP contribution in [0.5, 0.6) is 0 Å². The van der Waals surface area contributed by atoms with Gasteiger partial charge in [0.1, 0.15) is 16.5 Å². The first-order valence-electron chi connectivity index (χ1n) is 6.22. The summed E-state index contributed by atoms with van der Waals surface area (Å²) in [5, 5.41) is 10.5. The molecule has 0 atom stereocenters. The van der Waals surface area contributed by atoms with Crippen molar-refractivity contribution in [3.05, 3.63) is 69.8 Å². The Morgan fingerprint density at radius 1 is 1.08 bits per heavy atom. The first kappa shape index (κ1) is 17.4. The van der Waals surface area contributed by atoms with Crippen LogP contribution in [0.1, 0.15) is 10.4 Å². The number of nitro benzene ring substituents is 1. The summed E-state index contributed by atoms with van der Waals surface area (Å²) in [6, 6.07) is 6.17. The third kappa shape index (κ3) is 3.88. The monoisotopic (exact) mass is 357 g/mol. The molecule has 8 nitrogen and oxygen atoms in total. The zero-order valence-electron chi connectivity index (χ0n) is 11.7. The lowest BCUT2D eigenvalue weighted by Crippen LogP contribution is -2.41. The van der Waals surface area contributed by atoms with Crippen molar-refractivity contribution in [3.8, 4) is 0 Å². The first-order chi connectivity index (χ1) is 11.2. The Morgan fingerprint density at radius 2 is 1.71 bits per heavy atom. The molecule has 0 bridgehead atoms. The maximum absolute atomic E-state index is 13.5. The van der Waals surface area contributed by atoms with Crippen molar-refractivity contribution >= 4 is 21.6 Å². The minimum Gasteiger partial charge on any atom is -0.273 e. The number of nitrogens with zero attached hydrogens (tertiary/aromatic N) is 1. The average Bonchev–Trinajstić information content (AvgIpc) is 2.52. The fourth-order valence-electron chi connectivity index (χ4n) is 1.67. The van der Waals surface area contributed by atoms with E-state index in [0.717, 1.165) is 30.3 Å². The second-order valence-corrected chi connectivity index (χ2v) is 6.09. The van der Waals surface area contributed by atoms with Gasteiger partial charge < -0.3 is 0 Å². The number of halogens is 2. The van der Waals surface area contributed by atoms with Gasteiger partial charge in [0.2, 0.25) is 0 Å². The summed E-state index contributed by atoms with van der Waals surface area (Å²) in [5.74, 6) is -3.20. The van der Waals surface area contributed by atoms with Gasteiger partial charge in [0.05, 0.1) is 4.92 Å². The highest BCUT2D eigenvalue weighted by molar-refractivity contribution is 7.89. The minimum absolute atomic E-state index is 0.0668. The third-order valence-corrected chi connectivity index (χ3v) is 4.10. The molecular weight excluding hydrogens is 348 g/mol. The maximum atomic E-state index is 13.5. The second kappa shape index (κ2) is 6.68. The molecule has 0 unspecified atom stereocenters. The Labute approximate surface area is 134 Å². The number of nitro groups is 1. The van der Waals surface area contributed by atoms with E-state index in [0.29, 0.717) is 12.1 Å². The Bertz CT molecular complexity index is 900. The SMILES string of the molecule is O=C(NNS(=O)(=O)c1ccc(F)cc1F)c1ccc([N+](=O)[O-])cc1. The quantitative estimate of drug-likeness (QED) is 0.621. The molecule has 2 rings (SSSR count). The Hall–Kier alpha value is -2.92. The molecule has 2 aromatic carbocycles. The van der Waals surface area contributed by atoms with E-state index >= 15 is 0 Å². The van der Waals surface area contributed by atoms with Gasteiger partial charge >= 0.3 is 0 Å². The number of carbonyl (C=O) groups is 1. The van der Waals surface area contributed by atoms with Gasteiger partial charge in [-0.2, -0.15) is 0 Å². The zero-order chi connectivity index (χ0) is 17.9. The lowest BCUT2D eigenvalue weighted by atomic mass is 10.2. The number of hydrogen-bond acceptors (Lipinski definition) is 5. The van der Waals surface area contributed by atoms with Crippen molar-refractivity contribution in [3.63, 3.8) is 0 Å². The molecule has 126 valence electrons. The first-order valence-corrected chi connectivity index (χ1v) is 7.70. The molecule has 2 N–H and O–H groups in total. The van der Waals surface area contributed by atoms with Crippen LogP contribution in [0.4, 0.5) is 14.5 Å². The summed E-state index contributed by atoms with van der Waals surface area (Å²) in [6.45, 7) is 0. The Kier molecular flexibility index (Phi) is 4.85. The summed E-state index contributed by atoms with van der Waals surface area (Å²) in [5.41, 5.74) is 1.50. The van der Waals surface area contributed by atoms with Gasteiger partial charge in [0, 0.05) is 23.8 Å². The number of benzene rings is 2.